The van der Waals surface area contributed by atoms with Crippen molar-refractivity contribution >= 4 is 21.7 Å². The lowest BCUT2D eigenvalue weighted by molar-refractivity contribution is -0.337. The molecule has 1 unspecified atom stereocenters. The summed E-state index contributed by atoms with van der Waals surface area (Å²) in [4.78, 5) is 16.6. The third-order valence-corrected chi connectivity index (χ3v) is 15.1. The first kappa shape index (κ1) is 33.5. The number of anilines is 1. The van der Waals surface area contributed by atoms with Crippen molar-refractivity contribution < 1.29 is 46.8 Å². The molecule has 49 heavy (non-hydrogen) atoms. The molecule has 6 aliphatic rings. The number of halogens is 1. The molecule has 6 fully saturated rings. The fraction of sp³-hybridized carbons (Fsp3) is 0.639. The number of carbonyl (C=O) groups is 1. The van der Waals surface area contributed by atoms with E-state index in [0.717, 1.165) is 24.3 Å². The van der Waals surface area contributed by atoms with Gasteiger partial charge in [-0.1, -0.05) is 19.1 Å². The Bertz CT molecular complexity index is 1760. The van der Waals surface area contributed by atoms with Crippen LogP contribution in [0.15, 0.2) is 53.4 Å². The summed E-state index contributed by atoms with van der Waals surface area (Å²) in [6, 6.07) is 10.6. The van der Waals surface area contributed by atoms with Crippen LogP contribution in [-0.2, 0) is 29.0 Å². The summed E-state index contributed by atoms with van der Waals surface area (Å²) in [6.45, 7) is 3.14. The second-order valence-corrected chi connectivity index (χ2v) is 16.7. The highest BCUT2D eigenvalue weighted by Crippen LogP contribution is 2.79. The van der Waals surface area contributed by atoms with Gasteiger partial charge in [0.05, 0.1) is 34.5 Å². The minimum absolute atomic E-state index is 0.0463. The van der Waals surface area contributed by atoms with E-state index in [0.29, 0.717) is 38.8 Å². The highest BCUT2D eigenvalue weighted by molar-refractivity contribution is 7.92. The summed E-state index contributed by atoms with van der Waals surface area (Å²) < 4.78 is 67.7. The second kappa shape index (κ2) is 11.2. The van der Waals surface area contributed by atoms with Gasteiger partial charge in [-0.05, 0) is 68.6 Å². The Hall–Kier alpha value is -2.65. The van der Waals surface area contributed by atoms with E-state index in [1.54, 1.807) is 33.5 Å². The van der Waals surface area contributed by atoms with Crippen molar-refractivity contribution in [3.8, 4) is 0 Å². The van der Waals surface area contributed by atoms with Gasteiger partial charge in [0.2, 0.25) is 0 Å². The van der Waals surface area contributed by atoms with Crippen LogP contribution in [0.2, 0.25) is 0 Å². The van der Waals surface area contributed by atoms with E-state index in [9.17, 15) is 27.8 Å². The van der Waals surface area contributed by atoms with Gasteiger partial charge in [-0.2, -0.15) is 0 Å². The van der Waals surface area contributed by atoms with Crippen LogP contribution >= 0.6 is 0 Å². The minimum atomic E-state index is -4.15. The topological polar surface area (TPSA) is 144 Å². The number of hydrogen-bond acceptors (Lipinski definition) is 10. The molecule has 2 aromatic rings. The number of likely N-dealkylation sites (tertiary alicyclic amines) is 1. The number of likely N-dealkylation sites (N-methyl/N-ethyl adjacent to an activating group) is 1. The molecule has 8 rings (SSSR count). The van der Waals surface area contributed by atoms with Crippen LogP contribution in [0.4, 0.5) is 10.1 Å². The van der Waals surface area contributed by atoms with Gasteiger partial charge in [0.25, 0.3) is 10.0 Å². The lowest BCUT2D eigenvalue weighted by Gasteiger charge is -2.70. The number of hydrogen-bond donors (Lipinski definition) is 3. The van der Waals surface area contributed by atoms with Crippen LogP contribution in [0.5, 0.6) is 0 Å². The predicted molar refractivity (Wildman–Crippen MR) is 175 cm³/mol. The maximum Gasteiger partial charge on any atom is 0.340 e. The first-order valence-corrected chi connectivity index (χ1v) is 18.7. The number of methoxy groups -OCH3 is 3. The van der Waals surface area contributed by atoms with Gasteiger partial charge < -0.3 is 29.2 Å². The average Bonchev–Trinajstić information content (AvgIpc) is 3.51. The van der Waals surface area contributed by atoms with Crippen molar-refractivity contribution in [2.24, 2.45) is 29.1 Å². The zero-order valence-electron chi connectivity index (χ0n) is 28.2. The van der Waals surface area contributed by atoms with Crippen LogP contribution in [0.25, 0.3) is 0 Å². The van der Waals surface area contributed by atoms with E-state index in [1.165, 1.54) is 12.1 Å². The first-order valence-electron chi connectivity index (χ1n) is 17.2. The van der Waals surface area contributed by atoms with Crippen molar-refractivity contribution in [1.82, 2.24) is 4.90 Å². The number of aliphatic hydroxyl groups is 2. The van der Waals surface area contributed by atoms with E-state index >= 15 is 0 Å². The van der Waals surface area contributed by atoms with Crippen LogP contribution in [0, 0.1) is 34.9 Å². The highest BCUT2D eigenvalue weighted by atomic mass is 32.2. The van der Waals surface area contributed by atoms with Crippen LogP contribution < -0.4 is 4.72 Å². The van der Waals surface area contributed by atoms with Crippen molar-refractivity contribution in [3.63, 3.8) is 0 Å². The Morgan fingerprint density at radius 2 is 1.76 bits per heavy atom. The number of nitrogens with zero attached hydrogens (tertiary/aromatic N) is 1. The molecule has 1 saturated heterocycles. The maximum absolute atomic E-state index is 14.4. The van der Waals surface area contributed by atoms with Gasteiger partial charge in [-0.25, -0.2) is 17.6 Å². The Morgan fingerprint density at radius 3 is 2.43 bits per heavy atom. The Morgan fingerprint density at radius 1 is 1.02 bits per heavy atom. The summed E-state index contributed by atoms with van der Waals surface area (Å²) in [7, 11) is 0.798. The molecule has 0 amide bonds. The number of carbonyl (C=O) groups excluding carboxylic acids is 1. The van der Waals surface area contributed by atoms with Crippen LogP contribution in [0.1, 0.15) is 49.4 Å². The molecule has 266 valence electrons. The fourth-order valence-electron chi connectivity index (χ4n) is 12.2. The Labute approximate surface area is 286 Å². The molecule has 1 aliphatic heterocycles. The van der Waals surface area contributed by atoms with Gasteiger partial charge in [-0.3, -0.25) is 9.62 Å². The standard InChI is InChI=1S/C36H45FN2O9S/c1-5-39-19-33(48-32(40)22-8-6-7-9-25(22)38-49(43,44)21-12-10-20(37)11-13-21)15-14-29(46-3)35-27(33)17-24(30(35)39)34(41)18-26(45-2)23-16-28(35)36(34,42)31(23)47-4/h6-13,23-24,26-31,38,41-42H,5,14-19H2,1-4H3/t23-,24+,26+,27-,28+,29+,30?,31+,33-,34+,35+,36+/m1/s1. The number of ether oxygens (including phenoxy) is 4. The highest BCUT2D eigenvalue weighted by Gasteiger charge is 2.89. The predicted octanol–water partition coefficient (Wildman–Crippen LogP) is 3.20. The third kappa shape index (κ3) is 4.15. The summed E-state index contributed by atoms with van der Waals surface area (Å²) in [6.07, 6.45) is 1.28. The molecule has 0 radical (unpaired) electrons. The molecule has 2 aromatic carbocycles. The van der Waals surface area contributed by atoms with Gasteiger partial charge in [0, 0.05) is 69.4 Å². The van der Waals surface area contributed by atoms with Crippen LogP contribution in [0.3, 0.4) is 0 Å². The van der Waals surface area contributed by atoms with Gasteiger partial charge >= 0.3 is 5.97 Å². The number of rotatable bonds is 9. The Balaban J connectivity index is 1.21. The second-order valence-electron chi connectivity index (χ2n) is 15.1. The number of fused-ring (bicyclic) bond motifs is 2. The molecule has 5 saturated carbocycles. The molecular formula is C36H45FN2O9S. The quantitative estimate of drug-likeness (QED) is 0.334. The SMILES string of the molecule is CCN1C[C@]2(OC(=O)c3ccccc3NS(=O)(=O)c3ccc(F)cc3)CC[C@H](OC)[C@]34C1[C@H](C[C@H]23)[C@@]1(O)C[C@H](OC)[C@H]2C[C@@H]4[C@]1(O)[C@H]2OC. The molecular weight excluding hydrogens is 655 g/mol. The zero-order chi connectivity index (χ0) is 34.7. The number of esters is 1. The van der Waals surface area contributed by atoms with E-state index in [1.807, 2.05) is 0 Å². The minimum Gasteiger partial charge on any atom is -0.454 e. The molecule has 3 N–H and O–H groups in total. The molecule has 11 nitrogen and oxygen atoms in total. The molecule has 13 heteroatoms. The number of para-hydroxylation sites is 1. The van der Waals surface area contributed by atoms with E-state index in [4.69, 9.17) is 18.9 Å². The number of piperidine rings is 1. The molecule has 5 aliphatic carbocycles. The smallest absolute Gasteiger partial charge is 0.340 e. The third-order valence-electron chi connectivity index (χ3n) is 13.7. The van der Waals surface area contributed by atoms with Gasteiger partial charge in [0.1, 0.15) is 22.6 Å². The van der Waals surface area contributed by atoms with Crippen molar-refractivity contribution in [2.45, 2.75) is 85.1 Å². The van der Waals surface area contributed by atoms with Crippen molar-refractivity contribution in [2.75, 3.05) is 39.1 Å². The number of benzene rings is 2. The Kier molecular flexibility index (Phi) is 7.64. The van der Waals surface area contributed by atoms with Crippen molar-refractivity contribution in [3.05, 3.63) is 59.9 Å². The van der Waals surface area contributed by atoms with E-state index in [2.05, 4.69) is 16.5 Å². The van der Waals surface area contributed by atoms with E-state index < -0.39 is 56.0 Å². The zero-order valence-corrected chi connectivity index (χ0v) is 29.0. The lowest BCUT2D eigenvalue weighted by atomic mass is 9.44. The summed E-state index contributed by atoms with van der Waals surface area (Å²) in [5.74, 6) is -2.39. The largest absolute Gasteiger partial charge is 0.454 e. The maximum atomic E-state index is 14.4. The first-order chi connectivity index (χ1) is 23.4. The monoisotopic (exact) mass is 700 g/mol. The van der Waals surface area contributed by atoms with Crippen LogP contribution in [-0.4, -0.2) is 105 Å². The number of sulfonamides is 1. The average molecular weight is 701 g/mol. The molecule has 0 aromatic heterocycles. The fourth-order valence-corrected chi connectivity index (χ4v) is 13.3. The lowest BCUT2D eigenvalue weighted by Crippen LogP contribution is -2.83. The van der Waals surface area contributed by atoms with Gasteiger partial charge in [0.15, 0.2) is 0 Å². The van der Waals surface area contributed by atoms with Gasteiger partial charge in [-0.15, -0.1) is 0 Å². The molecule has 7 bridgehead atoms. The van der Waals surface area contributed by atoms with E-state index in [-0.39, 0.29) is 58.6 Å². The normalized spacial score (nSPS) is 43.3. The van der Waals surface area contributed by atoms with Crippen molar-refractivity contribution in [1.29, 1.82) is 0 Å². The molecule has 1 heterocycles. The summed E-state index contributed by atoms with van der Waals surface area (Å²) in [5.41, 5.74) is -4.62. The molecule has 12 atom stereocenters. The summed E-state index contributed by atoms with van der Waals surface area (Å²) in [5, 5.41) is 25.8. The number of nitrogens with one attached hydrogen (secondary N) is 1. The summed E-state index contributed by atoms with van der Waals surface area (Å²) >= 11 is 0. The molecule has 1 spiro atoms.